The van der Waals surface area contributed by atoms with Gasteiger partial charge in [0.25, 0.3) is 0 Å². The van der Waals surface area contributed by atoms with Crippen molar-refractivity contribution in [2.75, 3.05) is 0 Å². The number of amides is 1. The predicted molar refractivity (Wildman–Crippen MR) is 137 cm³/mol. The molecular formula is C30H27N2O2. The van der Waals surface area contributed by atoms with Crippen LogP contribution in [0.25, 0.3) is 21.8 Å². The Morgan fingerprint density at radius 2 is 1.74 bits per heavy atom. The van der Waals surface area contributed by atoms with E-state index in [4.69, 9.17) is 10.5 Å². The lowest BCUT2D eigenvalue weighted by atomic mass is 10.0. The van der Waals surface area contributed by atoms with Crippen molar-refractivity contribution >= 4 is 27.7 Å². The van der Waals surface area contributed by atoms with Crippen LogP contribution in [0, 0.1) is 6.07 Å². The largest absolute Gasteiger partial charge is 0.489 e. The third-order valence-electron chi connectivity index (χ3n) is 6.20. The molecule has 0 unspecified atom stereocenters. The number of rotatable bonds is 8. The Morgan fingerprint density at radius 3 is 2.53 bits per heavy atom. The molecule has 4 heteroatoms. The summed E-state index contributed by atoms with van der Waals surface area (Å²) in [5, 5.41) is 1.78. The number of ether oxygens (including phenoxy) is 1. The first-order chi connectivity index (χ1) is 16.7. The van der Waals surface area contributed by atoms with Crippen LogP contribution in [0.4, 0.5) is 0 Å². The molecule has 2 N–H and O–H groups in total. The van der Waals surface area contributed by atoms with E-state index in [0.717, 1.165) is 51.5 Å². The number of para-hydroxylation sites is 1. The third-order valence-corrected chi connectivity index (χ3v) is 6.20. The van der Waals surface area contributed by atoms with Crippen molar-refractivity contribution in [2.45, 2.75) is 32.9 Å². The SMILES string of the molecule is CCCc1c[c]c2c3c(C(N)=O)cccc3n(Cc3ccccc3OCc3ccccc3)c2c1. The molecule has 1 heterocycles. The standard InChI is InChI=1S/C30H27N2O2/c1-2-9-21-16-17-24-27(18-21)32(26-14-8-13-25(29(24)26)30(31)33)19-23-12-6-7-15-28(23)34-20-22-10-4-3-5-11-22/h3-8,10-16,18H,2,9,19-20H2,1H3,(H2,31,33). The van der Waals surface area contributed by atoms with Gasteiger partial charge in [-0.05, 0) is 47.9 Å². The number of nitrogens with zero attached hydrogens (tertiary/aromatic N) is 1. The van der Waals surface area contributed by atoms with Crippen LogP contribution < -0.4 is 10.5 Å². The summed E-state index contributed by atoms with van der Waals surface area (Å²) >= 11 is 0. The van der Waals surface area contributed by atoms with E-state index in [-0.39, 0.29) is 0 Å². The second-order valence-corrected chi connectivity index (χ2v) is 8.55. The summed E-state index contributed by atoms with van der Waals surface area (Å²) in [6, 6.07) is 31.7. The molecule has 169 valence electrons. The molecular weight excluding hydrogens is 420 g/mol. The number of primary amides is 1. The number of fused-ring (bicyclic) bond motifs is 3. The topological polar surface area (TPSA) is 57.2 Å². The second kappa shape index (κ2) is 9.44. The van der Waals surface area contributed by atoms with Gasteiger partial charge in [0, 0.05) is 21.9 Å². The summed E-state index contributed by atoms with van der Waals surface area (Å²) in [6.07, 6.45) is 2.04. The summed E-state index contributed by atoms with van der Waals surface area (Å²) in [6.45, 7) is 3.28. The van der Waals surface area contributed by atoms with Crippen LogP contribution >= 0.6 is 0 Å². The third kappa shape index (κ3) is 4.15. The van der Waals surface area contributed by atoms with Crippen molar-refractivity contribution in [1.82, 2.24) is 4.57 Å². The van der Waals surface area contributed by atoms with Gasteiger partial charge in [-0.15, -0.1) is 0 Å². The van der Waals surface area contributed by atoms with Crippen LogP contribution in [0.5, 0.6) is 5.75 Å². The fraction of sp³-hybridized carbons (Fsp3) is 0.167. The Bertz CT molecular complexity index is 1470. The summed E-state index contributed by atoms with van der Waals surface area (Å²) in [4.78, 5) is 12.2. The number of hydrogen-bond acceptors (Lipinski definition) is 2. The number of benzene rings is 4. The average Bonchev–Trinajstić information content (AvgIpc) is 3.17. The van der Waals surface area contributed by atoms with E-state index in [0.29, 0.717) is 18.7 Å². The van der Waals surface area contributed by atoms with Gasteiger partial charge in [-0.1, -0.05) is 74.0 Å². The van der Waals surface area contributed by atoms with Crippen molar-refractivity contribution in [2.24, 2.45) is 5.73 Å². The maximum absolute atomic E-state index is 12.2. The number of aromatic nitrogens is 1. The van der Waals surface area contributed by atoms with Crippen LogP contribution in [0.3, 0.4) is 0 Å². The van der Waals surface area contributed by atoms with Crippen molar-refractivity contribution < 1.29 is 9.53 Å². The van der Waals surface area contributed by atoms with Gasteiger partial charge in [-0.25, -0.2) is 0 Å². The molecule has 5 rings (SSSR count). The Balaban J connectivity index is 1.62. The zero-order valence-corrected chi connectivity index (χ0v) is 19.3. The van der Waals surface area contributed by atoms with Crippen LogP contribution in [0.1, 0.15) is 40.4 Å². The zero-order valence-electron chi connectivity index (χ0n) is 19.3. The predicted octanol–water partition coefficient (Wildman–Crippen LogP) is 6.27. The van der Waals surface area contributed by atoms with Crippen LogP contribution in [-0.2, 0) is 19.6 Å². The van der Waals surface area contributed by atoms with E-state index in [1.165, 1.54) is 5.56 Å². The van der Waals surface area contributed by atoms with Crippen LogP contribution in [-0.4, -0.2) is 10.5 Å². The van der Waals surface area contributed by atoms with Crippen LogP contribution in [0.15, 0.2) is 84.9 Å². The molecule has 1 amide bonds. The molecule has 0 saturated heterocycles. The smallest absolute Gasteiger partial charge is 0.249 e. The highest BCUT2D eigenvalue weighted by Gasteiger charge is 2.18. The van der Waals surface area contributed by atoms with Gasteiger partial charge >= 0.3 is 0 Å². The average molecular weight is 448 g/mol. The van der Waals surface area contributed by atoms with E-state index >= 15 is 0 Å². The van der Waals surface area contributed by atoms with E-state index in [9.17, 15) is 4.79 Å². The van der Waals surface area contributed by atoms with Crippen molar-refractivity contribution in [3.8, 4) is 5.75 Å². The molecule has 1 radical (unpaired) electrons. The minimum Gasteiger partial charge on any atom is -0.489 e. The zero-order chi connectivity index (χ0) is 23.5. The maximum atomic E-state index is 12.2. The highest BCUT2D eigenvalue weighted by molar-refractivity contribution is 6.17. The van der Waals surface area contributed by atoms with Gasteiger partial charge in [0.2, 0.25) is 5.91 Å². The Hall–Kier alpha value is -4.05. The summed E-state index contributed by atoms with van der Waals surface area (Å²) in [5.41, 5.74) is 11.7. The van der Waals surface area contributed by atoms with Gasteiger partial charge in [0.15, 0.2) is 0 Å². The lowest BCUT2D eigenvalue weighted by Crippen LogP contribution is -2.11. The lowest BCUT2D eigenvalue weighted by molar-refractivity contribution is 0.100. The molecule has 1 aromatic heterocycles. The van der Waals surface area contributed by atoms with Gasteiger partial charge in [0.1, 0.15) is 12.4 Å². The Kier molecular flexibility index (Phi) is 6.05. The Labute approximate surface area is 199 Å². The monoisotopic (exact) mass is 447 g/mol. The first-order valence-electron chi connectivity index (χ1n) is 11.7. The summed E-state index contributed by atoms with van der Waals surface area (Å²) in [7, 11) is 0. The molecule has 0 spiro atoms. The van der Waals surface area contributed by atoms with Gasteiger partial charge < -0.3 is 15.0 Å². The summed E-state index contributed by atoms with van der Waals surface area (Å²) in [5.74, 6) is 0.420. The summed E-state index contributed by atoms with van der Waals surface area (Å²) < 4.78 is 8.47. The minimum atomic E-state index is -0.428. The molecule has 0 saturated carbocycles. The number of aryl methyl sites for hydroxylation is 1. The highest BCUT2D eigenvalue weighted by Crippen LogP contribution is 2.34. The number of hydrogen-bond donors (Lipinski definition) is 1. The number of carbonyl (C=O) groups excluding carboxylic acids is 1. The van der Waals surface area contributed by atoms with E-state index in [2.05, 4.69) is 41.8 Å². The molecule has 0 aliphatic carbocycles. The molecule has 5 aromatic rings. The van der Waals surface area contributed by atoms with Gasteiger partial charge in [0.05, 0.1) is 17.6 Å². The Morgan fingerprint density at radius 1 is 0.941 bits per heavy atom. The number of nitrogens with two attached hydrogens (primary N) is 1. The molecule has 0 aliphatic heterocycles. The van der Waals surface area contributed by atoms with Crippen molar-refractivity contribution in [3.63, 3.8) is 0 Å². The van der Waals surface area contributed by atoms with Gasteiger partial charge in [-0.2, -0.15) is 0 Å². The van der Waals surface area contributed by atoms with Gasteiger partial charge in [-0.3, -0.25) is 4.79 Å². The second-order valence-electron chi connectivity index (χ2n) is 8.55. The quantitative estimate of drug-likeness (QED) is 0.305. The lowest BCUT2D eigenvalue weighted by Gasteiger charge is -2.14. The first-order valence-corrected chi connectivity index (χ1v) is 11.7. The fourth-order valence-electron chi connectivity index (χ4n) is 4.59. The molecule has 0 fully saturated rings. The normalized spacial score (nSPS) is 11.2. The van der Waals surface area contributed by atoms with E-state index < -0.39 is 5.91 Å². The molecule has 0 atom stereocenters. The highest BCUT2D eigenvalue weighted by atomic mass is 16.5. The molecule has 0 aliphatic rings. The maximum Gasteiger partial charge on any atom is 0.249 e. The van der Waals surface area contributed by atoms with Crippen molar-refractivity contribution in [1.29, 1.82) is 0 Å². The minimum absolute atomic E-state index is 0.428. The molecule has 4 nitrogen and oxygen atoms in total. The van der Waals surface area contributed by atoms with Crippen molar-refractivity contribution in [3.05, 3.63) is 113 Å². The van der Waals surface area contributed by atoms with E-state index in [1.54, 1.807) is 6.07 Å². The number of carbonyl (C=O) groups is 1. The molecule has 34 heavy (non-hydrogen) atoms. The fourth-order valence-corrected chi connectivity index (χ4v) is 4.59. The molecule has 4 aromatic carbocycles. The van der Waals surface area contributed by atoms with Crippen LogP contribution in [0.2, 0.25) is 0 Å². The molecule has 0 bridgehead atoms. The first kappa shape index (κ1) is 21.8. The van der Waals surface area contributed by atoms with E-state index in [1.807, 2.05) is 54.6 Å².